The molecule has 3 N–H and O–H groups in total. The van der Waals surface area contributed by atoms with Gasteiger partial charge in [-0.2, -0.15) is 26.3 Å². The second-order valence-electron chi connectivity index (χ2n) is 4.63. The van der Waals surface area contributed by atoms with E-state index in [2.05, 4.69) is 0 Å². The summed E-state index contributed by atoms with van der Waals surface area (Å²) in [6.45, 7) is -5.52. The molecule has 0 aromatic carbocycles. The van der Waals surface area contributed by atoms with Crippen LogP contribution in [-0.4, -0.2) is 57.7 Å². The SMILES string of the molecule is CC(CO)C[N+](CC(F)(F)F)(CC(F)(F)F)P(=O)(O)O. The molecule has 122 valence electrons. The van der Waals surface area contributed by atoms with Gasteiger partial charge in [-0.3, -0.25) is 9.79 Å². The van der Waals surface area contributed by atoms with Gasteiger partial charge in [-0.25, -0.2) is 8.82 Å². The zero-order chi connectivity index (χ0) is 16.4. The van der Waals surface area contributed by atoms with E-state index in [1.807, 2.05) is 0 Å². The molecule has 0 heterocycles. The molecule has 0 aliphatic rings. The van der Waals surface area contributed by atoms with Crippen molar-refractivity contribution in [3.63, 3.8) is 0 Å². The molecule has 0 spiro atoms. The van der Waals surface area contributed by atoms with Crippen LogP contribution in [0.25, 0.3) is 0 Å². The Bertz CT molecular complexity index is 349. The number of hydrogen-bond acceptors (Lipinski definition) is 2. The Balaban J connectivity index is 5.71. The minimum absolute atomic E-state index is 0.796. The molecule has 0 rings (SSSR count). The van der Waals surface area contributed by atoms with E-state index in [4.69, 9.17) is 14.9 Å². The summed E-state index contributed by atoms with van der Waals surface area (Å²) in [6.07, 6.45) is -10.4. The smallest absolute Gasteiger partial charge is 0.396 e. The van der Waals surface area contributed by atoms with E-state index in [0.717, 1.165) is 6.92 Å². The van der Waals surface area contributed by atoms with Gasteiger partial charge in [0.25, 0.3) is 0 Å². The maximum absolute atomic E-state index is 12.4. The number of quaternary nitrogens is 1. The standard InChI is InChI=1S/C8H14F6NO4P/c1-6(3-16)2-15(20(17,18)19,4-7(9,10)11)5-8(12,13)14/h6,16H,2-5H2,1H3,(H-,17,18,19)/p+1. The summed E-state index contributed by atoms with van der Waals surface area (Å²) < 4.78 is 83.3. The molecule has 1 unspecified atom stereocenters. The van der Waals surface area contributed by atoms with Crippen molar-refractivity contribution >= 4 is 7.75 Å². The topological polar surface area (TPSA) is 77.8 Å². The van der Waals surface area contributed by atoms with Crippen molar-refractivity contribution in [2.24, 2.45) is 5.92 Å². The second kappa shape index (κ2) is 6.18. The van der Waals surface area contributed by atoms with E-state index >= 15 is 0 Å². The van der Waals surface area contributed by atoms with Crippen molar-refractivity contribution in [3.8, 4) is 0 Å². The quantitative estimate of drug-likeness (QED) is 0.510. The molecule has 0 aliphatic carbocycles. The Kier molecular flexibility index (Phi) is 6.08. The lowest BCUT2D eigenvalue weighted by Gasteiger charge is -2.39. The first-order valence-electron chi connectivity index (χ1n) is 5.28. The number of rotatable bonds is 6. The van der Waals surface area contributed by atoms with Crippen LogP contribution in [0.5, 0.6) is 0 Å². The first-order valence-corrected chi connectivity index (χ1v) is 6.85. The highest BCUT2D eigenvalue weighted by molar-refractivity contribution is 7.45. The van der Waals surface area contributed by atoms with Gasteiger partial charge in [0.1, 0.15) is 0 Å². The monoisotopic (exact) mass is 334 g/mol. The van der Waals surface area contributed by atoms with Gasteiger partial charge in [0.15, 0.2) is 13.1 Å². The fourth-order valence-corrected chi connectivity index (χ4v) is 2.96. The Morgan fingerprint density at radius 3 is 1.60 bits per heavy atom. The van der Waals surface area contributed by atoms with Crippen LogP contribution in [-0.2, 0) is 4.57 Å². The van der Waals surface area contributed by atoms with E-state index in [1.54, 1.807) is 0 Å². The van der Waals surface area contributed by atoms with Crippen LogP contribution in [0.15, 0.2) is 0 Å². The minimum Gasteiger partial charge on any atom is -0.396 e. The van der Waals surface area contributed by atoms with Crippen molar-refractivity contribution < 1.29 is 50.1 Å². The Hall–Kier alpha value is -0.350. The minimum atomic E-state index is -5.78. The molecule has 12 heteroatoms. The number of nitrogens with zero attached hydrogens (tertiary/aromatic N) is 1. The maximum Gasteiger partial charge on any atom is 0.527 e. The lowest BCUT2D eigenvalue weighted by atomic mass is 10.2. The first kappa shape index (κ1) is 19.7. The van der Waals surface area contributed by atoms with Crippen LogP contribution in [0, 0.1) is 5.92 Å². The van der Waals surface area contributed by atoms with Gasteiger partial charge in [0.05, 0.1) is 13.2 Å². The fourth-order valence-electron chi connectivity index (χ4n) is 1.78. The van der Waals surface area contributed by atoms with E-state index in [1.165, 1.54) is 0 Å². The molecule has 0 saturated heterocycles. The van der Waals surface area contributed by atoms with E-state index in [9.17, 15) is 30.9 Å². The van der Waals surface area contributed by atoms with Gasteiger partial charge in [-0.15, -0.1) is 0 Å². The summed E-state index contributed by atoms with van der Waals surface area (Å²) in [5.41, 5.74) is 0. The zero-order valence-electron chi connectivity index (χ0n) is 10.3. The summed E-state index contributed by atoms with van der Waals surface area (Å²) in [5.74, 6) is -1.15. The van der Waals surface area contributed by atoms with Gasteiger partial charge in [0, 0.05) is 5.92 Å². The number of hydrogen-bond donors (Lipinski definition) is 3. The predicted octanol–water partition coefficient (Wildman–Crippen LogP) is 1.65. The molecule has 5 nitrogen and oxygen atoms in total. The average molecular weight is 334 g/mol. The highest BCUT2D eigenvalue weighted by Crippen LogP contribution is 2.52. The highest BCUT2D eigenvalue weighted by atomic mass is 31.2. The van der Waals surface area contributed by atoms with Crippen molar-refractivity contribution in [1.29, 1.82) is 0 Å². The van der Waals surface area contributed by atoms with Crippen LogP contribution >= 0.6 is 7.75 Å². The third-order valence-corrected chi connectivity index (χ3v) is 4.01. The van der Waals surface area contributed by atoms with Crippen LogP contribution in [0.1, 0.15) is 6.92 Å². The molecule has 0 aliphatic heterocycles. The van der Waals surface area contributed by atoms with Crippen LogP contribution in [0.3, 0.4) is 0 Å². The molecule has 0 amide bonds. The normalized spacial score (nSPS) is 16.3. The Morgan fingerprint density at radius 1 is 1.05 bits per heavy atom. The lowest BCUT2D eigenvalue weighted by Crippen LogP contribution is -2.56. The highest BCUT2D eigenvalue weighted by Gasteiger charge is 2.58. The maximum atomic E-state index is 12.4. The predicted molar refractivity (Wildman–Crippen MR) is 55.3 cm³/mol. The van der Waals surface area contributed by atoms with Gasteiger partial charge < -0.3 is 5.11 Å². The zero-order valence-corrected chi connectivity index (χ0v) is 11.2. The molecule has 0 aromatic heterocycles. The molecular formula is C8H15F6NO4P+. The van der Waals surface area contributed by atoms with Gasteiger partial charge in [-0.1, -0.05) is 6.92 Å². The average Bonchev–Trinajstić information content (AvgIpc) is 2.09. The molecule has 0 aromatic rings. The number of halogens is 6. The van der Waals surface area contributed by atoms with Crippen LogP contribution in [0.2, 0.25) is 0 Å². The lowest BCUT2D eigenvalue weighted by molar-refractivity contribution is -0.850. The van der Waals surface area contributed by atoms with Crippen molar-refractivity contribution in [2.75, 3.05) is 26.2 Å². The molecule has 0 saturated carbocycles. The molecule has 1 atom stereocenters. The summed E-state index contributed by atoms with van der Waals surface area (Å²) in [5, 5.41) is 8.74. The van der Waals surface area contributed by atoms with Gasteiger partial charge in [0.2, 0.25) is 0 Å². The fraction of sp³-hybridized carbons (Fsp3) is 1.00. The molecule has 0 fully saturated rings. The summed E-state index contributed by atoms with van der Waals surface area (Å²) >= 11 is 0. The van der Waals surface area contributed by atoms with Gasteiger partial charge >= 0.3 is 20.1 Å². The van der Waals surface area contributed by atoms with Crippen molar-refractivity contribution in [3.05, 3.63) is 0 Å². The van der Waals surface area contributed by atoms with Gasteiger partial charge in [-0.05, 0) is 0 Å². The van der Waals surface area contributed by atoms with Crippen LogP contribution in [0.4, 0.5) is 26.3 Å². The number of aliphatic hydroxyl groups is 1. The molecular weight excluding hydrogens is 319 g/mol. The second-order valence-corrected chi connectivity index (χ2v) is 6.50. The number of aliphatic hydroxyl groups excluding tert-OH is 1. The van der Waals surface area contributed by atoms with Crippen molar-refractivity contribution in [2.45, 2.75) is 19.3 Å². The van der Waals surface area contributed by atoms with E-state index in [-0.39, 0.29) is 0 Å². The summed E-state index contributed by atoms with van der Waals surface area (Å²) in [6, 6.07) is 0. The molecule has 0 bridgehead atoms. The first-order chi connectivity index (χ1) is 8.62. The third-order valence-electron chi connectivity index (χ3n) is 2.46. The Morgan fingerprint density at radius 2 is 1.40 bits per heavy atom. The molecule has 20 heavy (non-hydrogen) atoms. The van der Waals surface area contributed by atoms with E-state index in [0.29, 0.717) is 0 Å². The number of alkyl halides is 6. The van der Waals surface area contributed by atoms with Crippen LogP contribution < -0.4 is 0 Å². The Labute approximate surface area is 110 Å². The van der Waals surface area contributed by atoms with E-state index < -0.39 is 56.5 Å². The third kappa shape index (κ3) is 6.40. The van der Waals surface area contributed by atoms with Crippen molar-refractivity contribution in [1.82, 2.24) is 0 Å². The summed E-state index contributed by atoms with van der Waals surface area (Å²) in [4.78, 5) is 18.0. The summed E-state index contributed by atoms with van der Waals surface area (Å²) in [7, 11) is -5.78. The molecule has 0 radical (unpaired) electrons. The largest absolute Gasteiger partial charge is 0.527 e.